The highest BCUT2D eigenvalue weighted by Crippen LogP contribution is 2.45. The van der Waals surface area contributed by atoms with Crippen LogP contribution in [0.1, 0.15) is 0 Å². The van der Waals surface area contributed by atoms with Crippen molar-refractivity contribution in [3.8, 4) is 39.9 Å². The van der Waals surface area contributed by atoms with E-state index < -0.39 is 0 Å². The number of nitrogens with zero attached hydrogens (tertiary/aromatic N) is 4. The fourth-order valence-corrected chi connectivity index (χ4v) is 8.27. The van der Waals surface area contributed by atoms with E-state index in [9.17, 15) is 0 Å². The highest BCUT2D eigenvalue weighted by Gasteiger charge is 2.20. The number of fused-ring (bicyclic) bond motifs is 9. The van der Waals surface area contributed by atoms with Crippen LogP contribution < -0.4 is 0 Å². The molecule has 10 rings (SSSR count). The van der Waals surface area contributed by atoms with E-state index >= 15 is 0 Å². The minimum absolute atomic E-state index is 0.648. The Balaban J connectivity index is 1.19. The second kappa shape index (κ2) is 10.7. The Morgan fingerprint density at radius 1 is 0.396 bits per heavy atom. The van der Waals surface area contributed by atoms with Crippen LogP contribution >= 0.6 is 11.3 Å². The van der Waals surface area contributed by atoms with E-state index in [0.717, 1.165) is 22.4 Å². The molecule has 0 fully saturated rings. The molecule has 0 saturated carbocycles. The monoisotopic (exact) mass is 630 g/mol. The van der Waals surface area contributed by atoms with Crippen molar-refractivity contribution in [2.75, 3.05) is 0 Å². The van der Waals surface area contributed by atoms with E-state index in [1.165, 1.54) is 52.8 Å². The molecule has 0 aliphatic carbocycles. The number of hydrogen-bond donors (Lipinski definition) is 0. The predicted molar refractivity (Wildman–Crippen MR) is 201 cm³/mol. The molecule has 0 N–H and O–H groups in total. The third kappa shape index (κ3) is 4.18. The molecule has 0 radical (unpaired) electrons. The van der Waals surface area contributed by atoms with E-state index in [2.05, 4.69) is 102 Å². The molecule has 0 aliphatic rings. The number of thiophene rings is 1. The molecule has 224 valence electrons. The largest absolute Gasteiger partial charge is 0.309 e. The SMILES string of the molecule is c1ccc(-c2nc(-c3ccccc3)nc(-c3ccc(-n4c5ccc6ccccc6c5c5c6sc7ccccc7c6ccc54)cc3)n2)cc1. The summed E-state index contributed by atoms with van der Waals surface area (Å²) in [7, 11) is 0. The van der Waals surface area contributed by atoms with Crippen LogP contribution in [-0.4, -0.2) is 19.5 Å². The van der Waals surface area contributed by atoms with Crippen LogP contribution in [0.4, 0.5) is 0 Å². The second-order valence-corrected chi connectivity index (χ2v) is 13.1. The lowest BCUT2D eigenvalue weighted by molar-refractivity contribution is 1.07. The Bertz CT molecular complexity index is 2760. The van der Waals surface area contributed by atoms with Gasteiger partial charge in [0.05, 0.1) is 11.0 Å². The number of hydrogen-bond acceptors (Lipinski definition) is 4. The van der Waals surface area contributed by atoms with Crippen LogP contribution in [0.15, 0.2) is 158 Å². The summed E-state index contributed by atoms with van der Waals surface area (Å²) in [6, 6.07) is 55.4. The number of benzene rings is 7. The maximum absolute atomic E-state index is 4.95. The lowest BCUT2D eigenvalue weighted by atomic mass is 10.0. The standard InChI is InChI=1S/C43H26N4S/c1-3-12-28(13-4-1)41-44-42(29-14-5-2-6-15-29)46-43(45-41)30-19-22-31(23-20-30)47-35-25-21-27-11-7-8-16-32(27)38(35)39-36(47)26-24-34-33-17-9-10-18-37(33)48-40(34)39/h1-26H. The van der Waals surface area contributed by atoms with Gasteiger partial charge in [0.25, 0.3) is 0 Å². The molecule has 0 unspecified atom stereocenters. The van der Waals surface area contributed by atoms with Crippen molar-refractivity contribution in [1.82, 2.24) is 19.5 Å². The van der Waals surface area contributed by atoms with Crippen LogP contribution in [0.2, 0.25) is 0 Å². The molecule has 0 spiro atoms. The van der Waals surface area contributed by atoms with Gasteiger partial charge >= 0.3 is 0 Å². The zero-order valence-corrected chi connectivity index (χ0v) is 26.5. The van der Waals surface area contributed by atoms with Crippen LogP contribution in [0.25, 0.3) is 92.6 Å². The summed E-state index contributed by atoms with van der Waals surface area (Å²) in [6.07, 6.45) is 0. The first-order valence-corrected chi connectivity index (χ1v) is 16.9. The molecule has 7 aromatic carbocycles. The molecule has 3 aromatic heterocycles. The van der Waals surface area contributed by atoms with Crippen molar-refractivity contribution in [1.29, 1.82) is 0 Å². The Morgan fingerprint density at radius 2 is 0.938 bits per heavy atom. The summed E-state index contributed by atoms with van der Waals surface area (Å²) >= 11 is 1.89. The molecular weight excluding hydrogens is 605 g/mol. The number of rotatable bonds is 4. The number of aromatic nitrogens is 4. The average molecular weight is 631 g/mol. The zero-order valence-electron chi connectivity index (χ0n) is 25.7. The van der Waals surface area contributed by atoms with Crippen molar-refractivity contribution >= 4 is 64.1 Å². The average Bonchev–Trinajstić information content (AvgIpc) is 3.72. The van der Waals surface area contributed by atoms with Gasteiger partial charge in [0.2, 0.25) is 0 Å². The summed E-state index contributed by atoms with van der Waals surface area (Å²) in [5.74, 6) is 1.96. The first kappa shape index (κ1) is 27.0. The van der Waals surface area contributed by atoms with Gasteiger partial charge in [-0.25, -0.2) is 15.0 Å². The zero-order chi connectivity index (χ0) is 31.6. The fourth-order valence-electron chi connectivity index (χ4n) is 7.02. The van der Waals surface area contributed by atoms with Crippen molar-refractivity contribution < 1.29 is 0 Å². The molecule has 48 heavy (non-hydrogen) atoms. The lowest BCUT2D eigenvalue weighted by Crippen LogP contribution is -2.00. The molecule has 10 aromatic rings. The summed E-state index contributed by atoms with van der Waals surface area (Å²) in [5.41, 5.74) is 6.34. The van der Waals surface area contributed by atoms with Gasteiger partial charge in [-0.3, -0.25) is 0 Å². The minimum Gasteiger partial charge on any atom is -0.309 e. The predicted octanol–water partition coefficient (Wildman–Crippen LogP) is 11.5. The second-order valence-electron chi connectivity index (χ2n) is 12.0. The maximum Gasteiger partial charge on any atom is 0.164 e. The molecular formula is C43H26N4S. The van der Waals surface area contributed by atoms with Crippen LogP contribution in [-0.2, 0) is 0 Å². The summed E-state index contributed by atoms with van der Waals surface area (Å²) < 4.78 is 5.05. The van der Waals surface area contributed by atoms with E-state index in [1.54, 1.807) is 0 Å². The van der Waals surface area contributed by atoms with E-state index in [4.69, 9.17) is 15.0 Å². The lowest BCUT2D eigenvalue weighted by Gasteiger charge is -2.11. The third-order valence-corrected chi connectivity index (χ3v) is 10.5. The quantitative estimate of drug-likeness (QED) is 0.194. The highest BCUT2D eigenvalue weighted by atomic mass is 32.1. The first-order valence-electron chi connectivity index (χ1n) is 16.0. The topological polar surface area (TPSA) is 43.6 Å². The molecule has 0 saturated heterocycles. The molecule has 0 amide bonds. The molecule has 5 heteroatoms. The molecule has 3 heterocycles. The Kier molecular flexibility index (Phi) is 6.01. The molecule has 4 nitrogen and oxygen atoms in total. The van der Waals surface area contributed by atoms with Gasteiger partial charge in [0.15, 0.2) is 17.5 Å². The van der Waals surface area contributed by atoms with E-state index in [1.807, 2.05) is 72.0 Å². The summed E-state index contributed by atoms with van der Waals surface area (Å²) in [4.78, 5) is 14.8. The van der Waals surface area contributed by atoms with Gasteiger partial charge < -0.3 is 4.57 Å². The summed E-state index contributed by atoms with van der Waals surface area (Å²) in [5, 5.41) is 7.74. The van der Waals surface area contributed by atoms with Gasteiger partial charge in [0, 0.05) is 53.3 Å². The minimum atomic E-state index is 0.648. The van der Waals surface area contributed by atoms with Crippen molar-refractivity contribution in [3.63, 3.8) is 0 Å². The smallest absolute Gasteiger partial charge is 0.164 e. The Hall–Kier alpha value is -6.17. The van der Waals surface area contributed by atoms with E-state index in [-0.39, 0.29) is 0 Å². The van der Waals surface area contributed by atoms with Crippen LogP contribution in [0.3, 0.4) is 0 Å². The van der Waals surface area contributed by atoms with Gasteiger partial charge in [-0.2, -0.15) is 0 Å². The van der Waals surface area contributed by atoms with Gasteiger partial charge in [0.1, 0.15) is 0 Å². The van der Waals surface area contributed by atoms with Crippen molar-refractivity contribution in [2.45, 2.75) is 0 Å². The Labute approximate surface area is 280 Å². The van der Waals surface area contributed by atoms with Gasteiger partial charge in [-0.1, -0.05) is 115 Å². The van der Waals surface area contributed by atoms with Crippen molar-refractivity contribution in [3.05, 3.63) is 158 Å². The third-order valence-electron chi connectivity index (χ3n) is 9.25. The Morgan fingerprint density at radius 3 is 1.62 bits per heavy atom. The van der Waals surface area contributed by atoms with Gasteiger partial charge in [-0.15, -0.1) is 11.3 Å². The maximum atomic E-state index is 4.95. The summed E-state index contributed by atoms with van der Waals surface area (Å²) in [6.45, 7) is 0. The van der Waals surface area contributed by atoms with Crippen LogP contribution in [0, 0.1) is 0 Å². The van der Waals surface area contributed by atoms with Gasteiger partial charge in [-0.05, 0) is 53.2 Å². The van der Waals surface area contributed by atoms with E-state index in [0.29, 0.717) is 17.5 Å². The fraction of sp³-hybridized carbons (Fsp3) is 0. The first-order chi connectivity index (χ1) is 23.8. The molecule has 0 bridgehead atoms. The van der Waals surface area contributed by atoms with Crippen LogP contribution in [0.5, 0.6) is 0 Å². The molecule has 0 aliphatic heterocycles. The normalized spacial score (nSPS) is 11.8. The highest BCUT2D eigenvalue weighted by molar-refractivity contribution is 7.26. The molecule has 0 atom stereocenters. The van der Waals surface area contributed by atoms with Crippen molar-refractivity contribution in [2.24, 2.45) is 0 Å².